The van der Waals surface area contributed by atoms with Gasteiger partial charge in [-0.15, -0.1) is 52.1 Å². The van der Waals surface area contributed by atoms with Gasteiger partial charge in [-0.25, -0.2) is 0 Å². The van der Waals surface area contributed by atoms with E-state index in [1.165, 1.54) is 22.3 Å². The molecule has 0 aliphatic carbocycles. The summed E-state index contributed by atoms with van der Waals surface area (Å²) in [5.41, 5.74) is 15.0. The molecule has 312 valence electrons. The first kappa shape index (κ1) is 42.9. The van der Waals surface area contributed by atoms with E-state index >= 15 is 0 Å². The minimum Gasteiger partial charge on any atom is -0.300 e. The van der Waals surface area contributed by atoms with Gasteiger partial charge < -0.3 is 0 Å². The van der Waals surface area contributed by atoms with Crippen LogP contribution in [-0.2, 0) is 30.9 Å². The predicted molar refractivity (Wildman–Crippen MR) is 260 cm³/mol. The van der Waals surface area contributed by atoms with Crippen LogP contribution in [0, 0.1) is 18.2 Å². The van der Waals surface area contributed by atoms with Crippen LogP contribution in [0.5, 0.6) is 0 Å². The van der Waals surface area contributed by atoms with Gasteiger partial charge in [0.2, 0.25) is 0 Å². The van der Waals surface area contributed by atoms with E-state index in [2.05, 4.69) is 202 Å². The van der Waals surface area contributed by atoms with Gasteiger partial charge in [0.25, 0.3) is 0 Å². The molecule has 0 saturated carbocycles. The standard InChI is InChI=1S/C61H44N3.Ir/c1-60(57-28-12-14-38-62-57,54-26-16-22-50(40-54)49-36-34-48(35-37-49)47-32-30-46(31-33-47)44-18-6-3-7-19-44)55-27-17-23-51(41-55)56-42-52(45-20-8-4-9-21-45)43-59(64-56)61(2,53-24-10-5-11-25-53)58-29-13-15-39-63-58;/h3-24,27-40,42-43H,1-2H3;/q-3;+3. The van der Waals surface area contributed by atoms with Crippen molar-refractivity contribution in [2.24, 2.45) is 0 Å². The zero-order valence-corrected chi connectivity index (χ0v) is 38.5. The molecule has 2 atom stereocenters. The molecule has 2 unspecified atom stereocenters. The van der Waals surface area contributed by atoms with Crippen LogP contribution >= 0.6 is 0 Å². The molecule has 0 aliphatic rings. The summed E-state index contributed by atoms with van der Waals surface area (Å²) in [7, 11) is 0. The number of hydrogen-bond donors (Lipinski definition) is 0. The third-order valence-corrected chi connectivity index (χ3v) is 12.5. The zero-order valence-electron chi connectivity index (χ0n) is 36.1. The molecule has 0 radical (unpaired) electrons. The fourth-order valence-corrected chi connectivity index (χ4v) is 8.76. The Hall–Kier alpha value is -7.36. The largest absolute Gasteiger partial charge is 3.00 e. The minimum absolute atomic E-state index is 0. The van der Waals surface area contributed by atoms with Gasteiger partial charge in [0.1, 0.15) is 0 Å². The Morgan fingerprint density at radius 2 is 0.862 bits per heavy atom. The molecule has 0 amide bonds. The van der Waals surface area contributed by atoms with Crippen LogP contribution in [0.3, 0.4) is 0 Å². The normalized spacial score (nSPS) is 12.9. The molecule has 0 fully saturated rings. The second-order valence-corrected chi connectivity index (χ2v) is 16.4. The van der Waals surface area contributed by atoms with Crippen LogP contribution in [-0.4, -0.2) is 15.0 Å². The summed E-state index contributed by atoms with van der Waals surface area (Å²) < 4.78 is 0. The zero-order chi connectivity index (χ0) is 43.4. The molecular formula is C61H44IrN3. The first-order valence-electron chi connectivity index (χ1n) is 21.7. The summed E-state index contributed by atoms with van der Waals surface area (Å²) in [6.07, 6.45) is 3.71. The van der Waals surface area contributed by atoms with Crippen molar-refractivity contribution in [3.05, 3.63) is 283 Å². The summed E-state index contributed by atoms with van der Waals surface area (Å²) >= 11 is 0. The van der Waals surface area contributed by atoms with Gasteiger partial charge in [-0.05, 0) is 88.8 Å². The first-order chi connectivity index (χ1) is 31.5. The van der Waals surface area contributed by atoms with Gasteiger partial charge in [0.15, 0.2) is 0 Å². The Labute approximate surface area is 396 Å². The average Bonchev–Trinajstić information content (AvgIpc) is 3.39. The van der Waals surface area contributed by atoms with Gasteiger partial charge in [0.05, 0.1) is 16.8 Å². The van der Waals surface area contributed by atoms with E-state index in [1.54, 1.807) is 0 Å². The number of pyridine rings is 3. The maximum atomic E-state index is 5.51. The van der Waals surface area contributed by atoms with Crippen LogP contribution in [0.15, 0.2) is 231 Å². The number of rotatable bonds is 11. The third-order valence-electron chi connectivity index (χ3n) is 12.5. The number of benzene rings is 7. The van der Waals surface area contributed by atoms with E-state index in [0.717, 1.165) is 67.3 Å². The maximum absolute atomic E-state index is 5.51. The third kappa shape index (κ3) is 8.55. The van der Waals surface area contributed by atoms with Gasteiger partial charge in [-0.3, -0.25) is 15.0 Å². The minimum atomic E-state index is -0.713. The Bertz CT molecular complexity index is 3100. The van der Waals surface area contributed by atoms with Crippen molar-refractivity contribution >= 4 is 0 Å². The second kappa shape index (κ2) is 18.8. The Kier molecular flexibility index (Phi) is 12.4. The molecule has 0 aliphatic heterocycles. The molecule has 4 heteroatoms. The molecule has 0 spiro atoms. The van der Waals surface area contributed by atoms with Crippen LogP contribution in [0.1, 0.15) is 47.6 Å². The van der Waals surface area contributed by atoms with Gasteiger partial charge in [0, 0.05) is 23.5 Å². The van der Waals surface area contributed by atoms with E-state index < -0.39 is 10.8 Å². The molecule has 3 heterocycles. The molecule has 0 bridgehead atoms. The van der Waals surface area contributed by atoms with Crippen molar-refractivity contribution in [3.8, 4) is 55.8 Å². The summed E-state index contributed by atoms with van der Waals surface area (Å²) in [6, 6.07) is 87.1. The molecule has 7 aromatic carbocycles. The summed E-state index contributed by atoms with van der Waals surface area (Å²) in [6.45, 7) is 4.42. The molecule has 10 rings (SSSR count). The Morgan fingerprint density at radius 3 is 1.43 bits per heavy atom. The number of aromatic nitrogens is 3. The van der Waals surface area contributed by atoms with Crippen molar-refractivity contribution in [3.63, 3.8) is 0 Å². The predicted octanol–water partition coefficient (Wildman–Crippen LogP) is 14.3. The first-order valence-corrected chi connectivity index (χ1v) is 21.7. The van der Waals surface area contributed by atoms with E-state index in [0.29, 0.717) is 0 Å². The molecule has 0 N–H and O–H groups in total. The molecular weight excluding hydrogens is 967 g/mol. The van der Waals surface area contributed by atoms with E-state index in [1.807, 2.05) is 60.9 Å². The van der Waals surface area contributed by atoms with Crippen molar-refractivity contribution in [2.45, 2.75) is 24.7 Å². The Morgan fingerprint density at radius 1 is 0.354 bits per heavy atom. The van der Waals surface area contributed by atoms with Crippen molar-refractivity contribution in [1.29, 1.82) is 0 Å². The SMILES string of the molecule is CC(c1[c-]c(-c2cc(-c3ccccc3)cc(C(C)(c3[c-]cccc3)c3ccccn3)n2)ccc1)(c1[c-]ccc(-c2ccc(-c3ccc(-c4ccccc4)cc3)cc2)c1)c1ccccn1.[Ir+3]. The fourth-order valence-electron chi connectivity index (χ4n) is 8.76. The van der Waals surface area contributed by atoms with E-state index in [-0.39, 0.29) is 20.1 Å². The Balaban J connectivity index is 0.00000533. The average molecular weight is 1010 g/mol. The smallest absolute Gasteiger partial charge is 0.300 e. The summed E-state index contributed by atoms with van der Waals surface area (Å²) in [5.74, 6) is 0. The molecule has 65 heavy (non-hydrogen) atoms. The van der Waals surface area contributed by atoms with Gasteiger partial charge in [-0.2, -0.15) is 54.6 Å². The fraction of sp³-hybridized carbons (Fsp3) is 0.0656. The summed E-state index contributed by atoms with van der Waals surface area (Å²) in [5, 5.41) is 0. The monoisotopic (exact) mass is 1010 g/mol. The molecule has 0 saturated heterocycles. The number of nitrogens with zero attached hydrogens (tertiary/aromatic N) is 3. The van der Waals surface area contributed by atoms with Crippen molar-refractivity contribution in [2.75, 3.05) is 0 Å². The molecule has 3 nitrogen and oxygen atoms in total. The van der Waals surface area contributed by atoms with Crippen LogP contribution in [0.4, 0.5) is 0 Å². The quantitative estimate of drug-likeness (QED) is 0.121. The summed E-state index contributed by atoms with van der Waals surface area (Å²) in [4.78, 5) is 15.4. The van der Waals surface area contributed by atoms with Crippen molar-refractivity contribution < 1.29 is 20.1 Å². The second-order valence-electron chi connectivity index (χ2n) is 16.4. The van der Waals surface area contributed by atoms with Crippen LogP contribution in [0.25, 0.3) is 55.8 Å². The maximum Gasteiger partial charge on any atom is 3.00 e. The van der Waals surface area contributed by atoms with Gasteiger partial charge in [-0.1, -0.05) is 127 Å². The topological polar surface area (TPSA) is 38.7 Å². The molecule has 10 aromatic rings. The van der Waals surface area contributed by atoms with Crippen LogP contribution < -0.4 is 0 Å². The molecule has 3 aromatic heterocycles. The van der Waals surface area contributed by atoms with E-state index in [4.69, 9.17) is 15.0 Å². The van der Waals surface area contributed by atoms with E-state index in [9.17, 15) is 0 Å². The van der Waals surface area contributed by atoms with Gasteiger partial charge >= 0.3 is 20.1 Å². The van der Waals surface area contributed by atoms with Crippen molar-refractivity contribution in [1.82, 2.24) is 15.0 Å². The number of hydrogen-bond acceptors (Lipinski definition) is 3. The van der Waals surface area contributed by atoms with Crippen LogP contribution in [0.2, 0.25) is 0 Å².